The second-order valence-electron chi connectivity index (χ2n) is 2.82. The molecule has 0 saturated heterocycles. The SMILES string of the molecule is OCCCCNCc1cccnn1. The summed E-state index contributed by atoms with van der Waals surface area (Å²) in [5, 5.41) is 19.5. The van der Waals surface area contributed by atoms with E-state index in [9.17, 15) is 0 Å². The van der Waals surface area contributed by atoms with E-state index in [4.69, 9.17) is 5.11 Å². The van der Waals surface area contributed by atoms with Crippen LogP contribution in [0.3, 0.4) is 0 Å². The average Bonchev–Trinajstić information content (AvgIpc) is 2.19. The molecule has 0 aromatic carbocycles. The standard InChI is InChI=1S/C9H15N3O/c13-7-2-1-5-10-8-9-4-3-6-11-12-9/h3-4,6,10,13H,1-2,5,7-8H2. The molecule has 0 aliphatic heterocycles. The molecule has 0 bridgehead atoms. The van der Waals surface area contributed by atoms with Gasteiger partial charge in [-0.2, -0.15) is 10.2 Å². The van der Waals surface area contributed by atoms with Crippen molar-refractivity contribution in [2.45, 2.75) is 19.4 Å². The molecule has 0 saturated carbocycles. The Bertz CT molecular complexity index is 215. The summed E-state index contributed by atoms with van der Waals surface area (Å²) in [6.45, 7) is 1.93. The van der Waals surface area contributed by atoms with E-state index in [0.717, 1.165) is 31.6 Å². The van der Waals surface area contributed by atoms with Crippen LogP contribution in [-0.4, -0.2) is 28.5 Å². The molecule has 1 rings (SSSR count). The molecule has 0 radical (unpaired) electrons. The van der Waals surface area contributed by atoms with Crippen molar-refractivity contribution in [3.05, 3.63) is 24.0 Å². The zero-order valence-corrected chi connectivity index (χ0v) is 7.61. The molecule has 0 aliphatic carbocycles. The van der Waals surface area contributed by atoms with Gasteiger partial charge >= 0.3 is 0 Å². The van der Waals surface area contributed by atoms with Gasteiger partial charge in [-0.1, -0.05) is 0 Å². The molecule has 0 atom stereocenters. The van der Waals surface area contributed by atoms with Gasteiger partial charge in [0.25, 0.3) is 0 Å². The third-order valence-corrected chi connectivity index (χ3v) is 1.70. The van der Waals surface area contributed by atoms with Gasteiger partial charge in [0.1, 0.15) is 0 Å². The maximum atomic E-state index is 8.53. The first kappa shape index (κ1) is 10.1. The summed E-state index contributed by atoms with van der Waals surface area (Å²) in [5.74, 6) is 0. The minimum atomic E-state index is 0.271. The van der Waals surface area contributed by atoms with Gasteiger partial charge in [-0.25, -0.2) is 0 Å². The van der Waals surface area contributed by atoms with E-state index in [1.165, 1.54) is 0 Å². The molecule has 0 aliphatic rings. The lowest BCUT2D eigenvalue weighted by Gasteiger charge is -2.01. The molecule has 0 spiro atoms. The van der Waals surface area contributed by atoms with Gasteiger partial charge in [0, 0.05) is 19.3 Å². The number of hydrogen-bond donors (Lipinski definition) is 2. The molecular formula is C9H15N3O. The summed E-state index contributed by atoms with van der Waals surface area (Å²) in [5.41, 5.74) is 0.950. The number of rotatable bonds is 6. The molecule has 1 aromatic heterocycles. The van der Waals surface area contributed by atoms with E-state index >= 15 is 0 Å². The lowest BCUT2D eigenvalue weighted by molar-refractivity contribution is 0.283. The average molecular weight is 181 g/mol. The highest BCUT2D eigenvalue weighted by molar-refractivity contribution is 4.98. The van der Waals surface area contributed by atoms with E-state index in [1.54, 1.807) is 6.20 Å². The summed E-state index contributed by atoms with van der Waals surface area (Å²) in [4.78, 5) is 0. The number of aliphatic hydroxyl groups is 1. The first-order valence-electron chi connectivity index (χ1n) is 4.51. The Morgan fingerprint density at radius 3 is 3.00 bits per heavy atom. The second-order valence-corrected chi connectivity index (χ2v) is 2.82. The van der Waals surface area contributed by atoms with Crippen LogP contribution in [0.4, 0.5) is 0 Å². The molecule has 4 heteroatoms. The number of aliphatic hydroxyl groups excluding tert-OH is 1. The van der Waals surface area contributed by atoms with Gasteiger partial charge in [0.2, 0.25) is 0 Å². The quantitative estimate of drug-likeness (QED) is 0.621. The van der Waals surface area contributed by atoms with Crippen LogP contribution in [0.5, 0.6) is 0 Å². The Morgan fingerprint density at radius 2 is 2.31 bits per heavy atom. The lowest BCUT2D eigenvalue weighted by Crippen LogP contribution is -2.16. The molecule has 0 unspecified atom stereocenters. The largest absolute Gasteiger partial charge is 0.396 e. The van der Waals surface area contributed by atoms with Crippen molar-refractivity contribution >= 4 is 0 Å². The Kier molecular flexibility index (Phi) is 5.05. The van der Waals surface area contributed by atoms with Crippen LogP contribution < -0.4 is 5.32 Å². The van der Waals surface area contributed by atoms with Gasteiger partial charge in [-0.15, -0.1) is 0 Å². The summed E-state index contributed by atoms with van der Waals surface area (Å²) in [6.07, 6.45) is 3.51. The van der Waals surface area contributed by atoms with E-state index in [0.29, 0.717) is 0 Å². The van der Waals surface area contributed by atoms with E-state index < -0.39 is 0 Å². The molecule has 2 N–H and O–H groups in total. The predicted octanol–water partition coefficient (Wildman–Crippen LogP) is 0.339. The first-order chi connectivity index (χ1) is 6.43. The molecule has 1 aromatic rings. The van der Waals surface area contributed by atoms with Gasteiger partial charge in [0.05, 0.1) is 5.69 Å². The Hall–Kier alpha value is -1.00. The molecular weight excluding hydrogens is 166 g/mol. The summed E-state index contributed by atoms with van der Waals surface area (Å²) in [6, 6.07) is 3.81. The van der Waals surface area contributed by atoms with Crippen molar-refractivity contribution < 1.29 is 5.11 Å². The van der Waals surface area contributed by atoms with Crippen molar-refractivity contribution in [2.24, 2.45) is 0 Å². The minimum Gasteiger partial charge on any atom is -0.396 e. The van der Waals surface area contributed by atoms with Crippen LogP contribution >= 0.6 is 0 Å². The van der Waals surface area contributed by atoms with Crippen molar-refractivity contribution in [3.63, 3.8) is 0 Å². The molecule has 72 valence electrons. The molecule has 4 nitrogen and oxygen atoms in total. The fraction of sp³-hybridized carbons (Fsp3) is 0.556. The van der Waals surface area contributed by atoms with Crippen LogP contribution in [-0.2, 0) is 6.54 Å². The molecule has 0 amide bonds. The van der Waals surface area contributed by atoms with Crippen molar-refractivity contribution in [1.82, 2.24) is 15.5 Å². The smallest absolute Gasteiger partial charge is 0.0768 e. The Balaban J connectivity index is 2.07. The molecule has 13 heavy (non-hydrogen) atoms. The third kappa shape index (κ3) is 4.55. The van der Waals surface area contributed by atoms with Gasteiger partial charge in [0.15, 0.2) is 0 Å². The summed E-state index contributed by atoms with van der Waals surface area (Å²) < 4.78 is 0. The Morgan fingerprint density at radius 1 is 1.38 bits per heavy atom. The number of hydrogen-bond acceptors (Lipinski definition) is 4. The number of aromatic nitrogens is 2. The Labute approximate surface area is 78.0 Å². The fourth-order valence-electron chi connectivity index (χ4n) is 1.01. The van der Waals surface area contributed by atoms with Crippen LogP contribution in [0.15, 0.2) is 18.3 Å². The zero-order chi connectivity index (χ0) is 9.36. The third-order valence-electron chi connectivity index (χ3n) is 1.70. The van der Waals surface area contributed by atoms with Crippen molar-refractivity contribution in [1.29, 1.82) is 0 Å². The van der Waals surface area contributed by atoms with Crippen molar-refractivity contribution in [3.8, 4) is 0 Å². The monoisotopic (exact) mass is 181 g/mol. The van der Waals surface area contributed by atoms with E-state index in [1.807, 2.05) is 12.1 Å². The minimum absolute atomic E-state index is 0.271. The second kappa shape index (κ2) is 6.51. The van der Waals surface area contributed by atoms with Crippen molar-refractivity contribution in [2.75, 3.05) is 13.2 Å². The maximum absolute atomic E-state index is 8.53. The molecule has 1 heterocycles. The summed E-state index contributed by atoms with van der Waals surface area (Å²) in [7, 11) is 0. The molecule has 0 fully saturated rings. The van der Waals surface area contributed by atoms with Gasteiger partial charge in [-0.05, 0) is 31.5 Å². The van der Waals surface area contributed by atoms with Crippen LogP contribution in [0, 0.1) is 0 Å². The summed E-state index contributed by atoms with van der Waals surface area (Å²) >= 11 is 0. The highest BCUT2D eigenvalue weighted by atomic mass is 16.2. The number of nitrogens with one attached hydrogen (secondary N) is 1. The van der Waals surface area contributed by atoms with Crippen LogP contribution in [0.2, 0.25) is 0 Å². The maximum Gasteiger partial charge on any atom is 0.0768 e. The first-order valence-corrected chi connectivity index (χ1v) is 4.51. The zero-order valence-electron chi connectivity index (χ0n) is 7.61. The number of unbranched alkanes of at least 4 members (excludes halogenated alkanes) is 1. The lowest BCUT2D eigenvalue weighted by atomic mass is 10.3. The normalized spacial score (nSPS) is 10.2. The van der Waals surface area contributed by atoms with Crippen LogP contribution in [0.1, 0.15) is 18.5 Å². The highest BCUT2D eigenvalue weighted by Crippen LogP contribution is 1.90. The predicted molar refractivity (Wildman–Crippen MR) is 50.1 cm³/mol. The number of nitrogens with zero attached hydrogens (tertiary/aromatic N) is 2. The van der Waals surface area contributed by atoms with Gasteiger partial charge < -0.3 is 10.4 Å². The van der Waals surface area contributed by atoms with E-state index in [2.05, 4.69) is 15.5 Å². The highest BCUT2D eigenvalue weighted by Gasteiger charge is 1.92. The van der Waals surface area contributed by atoms with Crippen LogP contribution in [0.25, 0.3) is 0 Å². The fourth-order valence-corrected chi connectivity index (χ4v) is 1.01. The van der Waals surface area contributed by atoms with E-state index in [-0.39, 0.29) is 6.61 Å². The van der Waals surface area contributed by atoms with Gasteiger partial charge in [-0.3, -0.25) is 0 Å². The topological polar surface area (TPSA) is 58.0 Å².